The molecule has 0 aliphatic carbocycles. The van der Waals surface area contributed by atoms with Gasteiger partial charge in [-0.25, -0.2) is 0 Å². The van der Waals surface area contributed by atoms with Gasteiger partial charge in [-0.05, 0) is 30.4 Å². The molecule has 37 heavy (non-hydrogen) atoms. The standard InChI is InChI=1S/C31H34NO4P/c1-22(31(33)23-14-8-6-9-15-23)32(2)37(25-16-10-7-11-17-25)29-19-13-12-18-26(29)30-27(35-4)20-24(34-3)21-28(30)36-5/h6-22,31,33H,1-5H3/t22-,31-,37-/m0/s1. The lowest BCUT2D eigenvalue weighted by Gasteiger charge is -2.37. The van der Waals surface area contributed by atoms with Gasteiger partial charge in [-0.1, -0.05) is 84.9 Å². The minimum Gasteiger partial charge on any atom is -0.496 e. The van der Waals surface area contributed by atoms with Crippen molar-refractivity contribution in [2.45, 2.75) is 19.1 Å². The Morgan fingerprint density at radius 3 is 1.84 bits per heavy atom. The molecule has 0 saturated carbocycles. The number of benzene rings is 4. The molecule has 3 atom stereocenters. The molecule has 0 heterocycles. The molecule has 0 spiro atoms. The molecule has 0 bridgehead atoms. The molecule has 4 rings (SSSR count). The van der Waals surface area contributed by atoms with Crippen LogP contribution >= 0.6 is 8.07 Å². The average Bonchev–Trinajstić information content (AvgIpc) is 2.97. The number of aliphatic hydroxyl groups is 1. The fraction of sp³-hybridized carbons (Fsp3) is 0.226. The third-order valence-electron chi connectivity index (χ3n) is 6.62. The number of rotatable bonds is 10. The van der Waals surface area contributed by atoms with E-state index in [1.807, 2.05) is 54.6 Å². The predicted molar refractivity (Wildman–Crippen MR) is 153 cm³/mol. The molecular formula is C31H34NO4P. The van der Waals surface area contributed by atoms with Gasteiger partial charge in [0.25, 0.3) is 0 Å². The zero-order chi connectivity index (χ0) is 26.4. The lowest BCUT2D eigenvalue weighted by molar-refractivity contribution is 0.111. The van der Waals surface area contributed by atoms with Gasteiger partial charge in [0.2, 0.25) is 0 Å². The molecule has 0 fully saturated rings. The Balaban J connectivity index is 1.88. The minimum absolute atomic E-state index is 0.151. The van der Waals surface area contributed by atoms with Crippen LogP contribution in [0.15, 0.2) is 97.1 Å². The quantitative estimate of drug-likeness (QED) is 0.271. The van der Waals surface area contributed by atoms with E-state index in [4.69, 9.17) is 14.2 Å². The highest BCUT2D eigenvalue weighted by atomic mass is 31.1. The predicted octanol–water partition coefficient (Wildman–Crippen LogP) is 5.78. The Bertz CT molecular complexity index is 1270. The number of hydrogen-bond acceptors (Lipinski definition) is 5. The summed E-state index contributed by atoms with van der Waals surface area (Å²) in [4.78, 5) is 0. The maximum absolute atomic E-state index is 11.3. The van der Waals surface area contributed by atoms with E-state index < -0.39 is 14.2 Å². The molecule has 0 aliphatic heterocycles. The summed E-state index contributed by atoms with van der Waals surface area (Å²) in [7, 11) is 6.00. The van der Waals surface area contributed by atoms with Gasteiger partial charge in [0.05, 0.1) is 33.0 Å². The molecule has 6 heteroatoms. The van der Waals surface area contributed by atoms with Crippen molar-refractivity contribution >= 4 is 18.7 Å². The average molecular weight is 516 g/mol. The highest BCUT2D eigenvalue weighted by Crippen LogP contribution is 2.48. The van der Waals surface area contributed by atoms with Crippen LogP contribution in [-0.4, -0.2) is 44.2 Å². The SMILES string of the molecule is COc1cc(OC)c(-c2ccccc2[P@](c2ccccc2)N(C)[C@@H](C)[C@H](O)c2ccccc2)c(OC)c1. The Kier molecular flexibility index (Phi) is 8.83. The van der Waals surface area contributed by atoms with Crippen LogP contribution < -0.4 is 24.8 Å². The van der Waals surface area contributed by atoms with Gasteiger partial charge < -0.3 is 19.3 Å². The zero-order valence-corrected chi connectivity index (χ0v) is 22.9. The van der Waals surface area contributed by atoms with Crippen molar-refractivity contribution in [2.75, 3.05) is 28.4 Å². The van der Waals surface area contributed by atoms with Crippen LogP contribution in [-0.2, 0) is 0 Å². The number of ether oxygens (including phenoxy) is 3. The maximum atomic E-state index is 11.3. The number of nitrogens with zero attached hydrogens (tertiary/aromatic N) is 1. The van der Waals surface area contributed by atoms with E-state index in [1.165, 1.54) is 5.30 Å². The Hall–Kier alpha value is -3.37. The first-order valence-corrected chi connectivity index (χ1v) is 13.5. The Morgan fingerprint density at radius 1 is 0.730 bits per heavy atom. The van der Waals surface area contributed by atoms with Crippen LogP contribution in [0.4, 0.5) is 0 Å². The van der Waals surface area contributed by atoms with Gasteiger partial charge in [-0.15, -0.1) is 0 Å². The van der Waals surface area contributed by atoms with Crippen molar-refractivity contribution in [3.05, 3.63) is 103 Å². The molecule has 0 aromatic heterocycles. The minimum atomic E-state index is -1.03. The van der Waals surface area contributed by atoms with Crippen molar-refractivity contribution in [1.29, 1.82) is 0 Å². The largest absolute Gasteiger partial charge is 0.496 e. The van der Waals surface area contributed by atoms with Crippen molar-refractivity contribution in [2.24, 2.45) is 0 Å². The second-order valence-electron chi connectivity index (χ2n) is 8.74. The van der Waals surface area contributed by atoms with E-state index in [1.54, 1.807) is 21.3 Å². The highest BCUT2D eigenvalue weighted by molar-refractivity contribution is 7.71. The van der Waals surface area contributed by atoms with E-state index in [9.17, 15) is 5.11 Å². The van der Waals surface area contributed by atoms with Gasteiger partial charge in [0.1, 0.15) is 17.2 Å². The summed E-state index contributed by atoms with van der Waals surface area (Å²) < 4.78 is 19.4. The van der Waals surface area contributed by atoms with E-state index in [2.05, 4.69) is 61.1 Å². The first-order valence-electron chi connectivity index (χ1n) is 12.2. The fourth-order valence-electron chi connectivity index (χ4n) is 4.52. The molecule has 1 N–H and O–H groups in total. The topological polar surface area (TPSA) is 51.2 Å². The van der Waals surface area contributed by atoms with Gasteiger partial charge in [-0.2, -0.15) is 0 Å². The summed E-state index contributed by atoms with van der Waals surface area (Å²) in [5.41, 5.74) is 2.79. The van der Waals surface area contributed by atoms with Crippen molar-refractivity contribution in [3.8, 4) is 28.4 Å². The molecule has 4 aromatic carbocycles. The van der Waals surface area contributed by atoms with Crippen LogP contribution in [0.5, 0.6) is 17.2 Å². The van der Waals surface area contributed by atoms with Gasteiger partial charge >= 0.3 is 0 Å². The molecule has 0 aliphatic rings. The lowest BCUT2D eigenvalue weighted by atomic mass is 10.0. The normalized spacial score (nSPS) is 13.6. The highest BCUT2D eigenvalue weighted by Gasteiger charge is 2.31. The summed E-state index contributed by atoms with van der Waals surface area (Å²) >= 11 is 0. The molecule has 5 nitrogen and oxygen atoms in total. The molecule has 0 radical (unpaired) electrons. The van der Waals surface area contributed by atoms with Gasteiger partial charge in [-0.3, -0.25) is 4.67 Å². The molecule has 0 amide bonds. The second-order valence-corrected chi connectivity index (χ2v) is 11.0. The first-order chi connectivity index (χ1) is 18.0. The van der Waals surface area contributed by atoms with E-state index >= 15 is 0 Å². The smallest absolute Gasteiger partial charge is 0.134 e. The van der Waals surface area contributed by atoms with Crippen molar-refractivity contribution in [3.63, 3.8) is 0 Å². The number of aliphatic hydroxyl groups excluding tert-OH is 1. The number of methoxy groups -OCH3 is 3. The fourth-order valence-corrected chi connectivity index (χ4v) is 7.09. The van der Waals surface area contributed by atoms with E-state index in [0.29, 0.717) is 17.2 Å². The molecule has 0 saturated heterocycles. The monoisotopic (exact) mass is 515 g/mol. The van der Waals surface area contributed by atoms with E-state index in [0.717, 1.165) is 22.0 Å². The molecular weight excluding hydrogens is 481 g/mol. The second kappa shape index (κ2) is 12.2. The van der Waals surface area contributed by atoms with Crippen LogP contribution in [0, 0.1) is 0 Å². The van der Waals surface area contributed by atoms with Gasteiger partial charge in [0, 0.05) is 31.6 Å². The Morgan fingerprint density at radius 2 is 1.27 bits per heavy atom. The van der Waals surface area contributed by atoms with Crippen molar-refractivity contribution in [1.82, 2.24) is 4.67 Å². The van der Waals surface area contributed by atoms with Crippen LogP contribution in [0.1, 0.15) is 18.6 Å². The number of likely N-dealkylation sites (N-methyl/N-ethyl adjacent to an activating group) is 1. The number of hydrogen-bond donors (Lipinski definition) is 1. The summed E-state index contributed by atoms with van der Waals surface area (Å²) in [6.07, 6.45) is -0.642. The first kappa shape index (κ1) is 26.7. The molecule has 4 aromatic rings. The maximum Gasteiger partial charge on any atom is 0.134 e. The zero-order valence-electron chi connectivity index (χ0n) is 22.0. The third kappa shape index (κ3) is 5.65. The lowest BCUT2D eigenvalue weighted by Crippen LogP contribution is -2.36. The summed E-state index contributed by atoms with van der Waals surface area (Å²) in [5.74, 6) is 2.01. The van der Waals surface area contributed by atoms with Crippen LogP contribution in [0.3, 0.4) is 0 Å². The molecule has 0 unspecified atom stereocenters. The molecule has 192 valence electrons. The van der Waals surface area contributed by atoms with E-state index in [-0.39, 0.29) is 6.04 Å². The summed E-state index contributed by atoms with van der Waals surface area (Å²) in [6, 6.07) is 32.3. The van der Waals surface area contributed by atoms with Gasteiger partial charge in [0.15, 0.2) is 0 Å². The third-order valence-corrected chi connectivity index (χ3v) is 9.25. The summed E-state index contributed by atoms with van der Waals surface area (Å²) in [5, 5.41) is 13.7. The Labute approximate surface area is 221 Å². The van der Waals surface area contributed by atoms with Crippen LogP contribution in [0.25, 0.3) is 11.1 Å². The summed E-state index contributed by atoms with van der Waals surface area (Å²) in [6.45, 7) is 2.08. The van der Waals surface area contributed by atoms with Crippen LogP contribution in [0.2, 0.25) is 0 Å². The van der Waals surface area contributed by atoms with Crippen molar-refractivity contribution < 1.29 is 19.3 Å².